The zero-order valence-electron chi connectivity index (χ0n) is 12.3. The summed E-state index contributed by atoms with van der Waals surface area (Å²) in [6.45, 7) is -0.0731. The lowest BCUT2D eigenvalue weighted by molar-refractivity contribution is -0.153. The second-order valence-electron chi connectivity index (χ2n) is 4.63. The molecule has 1 aromatic carbocycles. The third-order valence-corrected chi connectivity index (χ3v) is 2.90. The van der Waals surface area contributed by atoms with Crippen molar-refractivity contribution in [3.63, 3.8) is 0 Å². The average molecular weight is 326 g/mol. The molecule has 0 bridgehead atoms. The summed E-state index contributed by atoms with van der Waals surface area (Å²) in [6, 6.07) is 4.29. The number of halogens is 3. The van der Waals surface area contributed by atoms with Crippen molar-refractivity contribution in [3.8, 4) is 22.9 Å². The minimum absolute atomic E-state index is 0.0129. The molecule has 1 aromatic heterocycles. The maximum absolute atomic E-state index is 12.4. The maximum atomic E-state index is 12.4. The molecule has 2 aromatic rings. The Balaban J connectivity index is 2.43. The van der Waals surface area contributed by atoms with Crippen LogP contribution in [0.25, 0.3) is 11.1 Å². The summed E-state index contributed by atoms with van der Waals surface area (Å²) < 4.78 is 46.7. The van der Waals surface area contributed by atoms with Gasteiger partial charge in [-0.15, -0.1) is 0 Å². The number of aromatic nitrogens is 2. The Morgan fingerprint density at radius 3 is 2.39 bits per heavy atom. The van der Waals surface area contributed by atoms with Crippen molar-refractivity contribution in [2.75, 3.05) is 13.7 Å². The van der Waals surface area contributed by atoms with E-state index in [0.29, 0.717) is 16.7 Å². The SMILES string of the molecule is COc1ncc(-c2cc(C(C)=O)ccc2OCC(F)(F)F)cn1. The molecular formula is C15H13F3N2O3. The monoisotopic (exact) mass is 326 g/mol. The summed E-state index contributed by atoms with van der Waals surface area (Å²) in [5, 5.41) is 0. The smallest absolute Gasteiger partial charge is 0.422 e. The molecule has 0 spiro atoms. The van der Waals surface area contributed by atoms with Gasteiger partial charge in [0.2, 0.25) is 0 Å². The number of carbonyl (C=O) groups excluding carboxylic acids is 1. The number of Topliss-reactive ketones (excluding diaryl/α,β-unsaturated/α-hetero) is 1. The molecule has 0 saturated heterocycles. The highest BCUT2D eigenvalue weighted by Crippen LogP contribution is 2.32. The van der Waals surface area contributed by atoms with Crippen LogP contribution in [0.2, 0.25) is 0 Å². The summed E-state index contributed by atoms with van der Waals surface area (Å²) in [4.78, 5) is 19.3. The molecule has 1 heterocycles. The van der Waals surface area contributed by atoms with Crippen LogP contribution in [0.4, 0.5) is 13.2 Å². The Morgan fingerprint density at radius 1 is 1.22 bits per heavy atom. The van der Waals surface area contributed by atoms with Crippen LogP contribution in [0.3, 0.4) is 0 Å². The maximum Gasteiger partial charge on any atom is 0.422 e. The van der Waals surface area contributed by atoms with Crippen LogP contribution in [0.5, 0.6) is 11.8 Å². The van der Waals surface area contributed by atoms with E-state index in [0.717, 1.165) is 0 Å². The molecule has 0 aliphatic carbocycles. The van der Waals surface area contributed by atoms with Gasteiger partial charge in [-0.1, -0.05) is 0 Å². The summed E-state index contributed by atoms with van der Waals surface area (Å²) >= 11 is 0. The lowest BCUT2D eigenvalue weighted by Gasteiger charge is -2.14. The van der Waals surface area contributed by atoms with Crippen molar-refractivity contribution in [2.24, 2.45) is 0 Å². The van der Waals surface area contributed by atoms with Crippen LogP contribution >= 0.6 is 0 Å². The van der Waals surface area contributed by atoms with Crippen LogP contribution < -0.4 is 9.47 Å². The highest BCUT2D eigenvalue weighted by molar-refractivity contribution is 5.95. The lowest BCUT2D eigenvalue weighted by Crippen LogP contribution is -2.19. The standard InChI is InChI=1S/C15H13F3N2O3/c1-9(21)10-3-4-13(23-8-15(16,17)18)12(5-10)11-6-19-14(22-2)20-7-11/h3-7H,8H2,1-2H3. The number of benzene rings is 1. The van der Waals surface area contributed by atoms with Crippen molar-refractivity contribution in [1.82, 2.24) is 9.97 Å². The molecule has 8 heteroatoms. The van der Waals surface area contributed by atoms with E-state index in [1.165, 1.54) is 44.6 Å². The number of rotatable bonds is 5. The summed E-state index contributed by atoms with van der Waals surface area (Å²) in [7, 11) is 1.39. The van der Waals surface area contributed by atoms with Gasteiger partial charge in [-0.25, -0.2) is 9.97 Å². The quantitative estimate of drug-likeness (QED) is 0.789. The van der Waals surface area contributed by atoms with Gasteiger partial charge in [-0.2, -0.15) is 13.2 Å². The fourth-order valence-electron chi connectivity index (χ4n) is 1.82. The van der Waals surface area contributed by atoms with Crippen molar-refractivity contribution >= 4 is 5.78 Å². The number of hydrogen-bond donors (Lipinski definition) is 0. The zero-order chi connectivity index (χ0) is 17.0. The molecule has 0 unspecified atom stereocenters. The van der Waals surface area contributed by atoms with E-state index in [1.807, 2.05) is 0 Å². The summed E-state index contributed by atoms with van der Waals surface area (Å²) in [5.74, 6) is -0.232. The van der Waals surface area contributed by atoms with E-state index >= 15 is 0 Å². The molecule has 0 saturated carbocycles. The Labute approximate surface area is 130 Å². The molecular weight excluding hydrogens is 313 g/mol. The zero-order valence-corrected chi connectivity index (χ0v) is 12.3. The van der Waals surface area contributed by atoms with E-state index in [1.54, 1.807) is 0 Å². The molecule has 23 heavy (non-hydrogen) atoms. The van der Waals surface area contributed by atoms with Gasteiger partial charge < -0.3 is 9.47 Å². The van der Waals surface area contributed by atoms with Crippen LogP contribution in [0.1, 0.15) is 17.3 Å². The first kappa shape index (κ1) is 16.7. The first-order chi connectivity index (χ1) is 10.8. The largest absolute Gasteiger partial charge is 0.483 e. The fourth-order valence-corrected chi connectivity index (χ4v) is 1.82. The van der Waals surface area contributed by atoms with E-state index in [2.05, 4.69) is 9.97 Å². The van der Waals surface area contributed by atoms with Crippen LogP contribution in [0, 0.1) is 0 Å². The van der Waals surface area contributed by atoms with Crippen molar-refractivity contribution < 1.29 is 27.4 Å². The molecule has 0 amide bonds. The molecule has 0 N–H and O–H groups in total. The van der Waals surface area contributed by atoms with Gasteiger partial charge in [0.1, 0.15) is 5.75 Å². The third kappa shape index (κ3) is 4.41. The Bertz CT molecular complexity index is 700. The number of carbonyl (C=O) groups is 1. The van der Waals surface area contributed by atoms with Crippen molar-refractivity contribution in [3.05, 3.63) is 36.2 Å². The Kier molecular flexibility index (Phi) is 4.83. The second-order valence-corrected chi connectivity index (χ2v) is 4.63. The van der Waals surface area contributed by atoms with Gasteiger partial charge in [0.25, 0.3) is 0 Å². The highest BCUT2D eigenvalue weighted by Gasteiger charge is 2.29. The van der Waals surface area contributed by atoms with E-state index in [-0.39, 0.29) is 17.5 Å². The Morgan fingerprint density at radius 2 is 1.87 bits per heavy atom. The van der Waals surface area contributed by atoms with Crippen LogP contribution in [-0.2, 0) is 0 Å². The predicted octanol–water partition coefficient (Wildman–Crippen LogP) is 3.30. The van der Waals surface area contributed by atoms with E-state index in [4.69, 9.17) is 9.47 Å². The van der Waals surface area contributed by atoms with Crippen molar-refractivity contribution in [2.45, 2.75) is 13.1 Å². The first-order valence-electron chi connectivity index (χ1n) is 6.51. The molecule has 0 aliphatic rings. The molecule has 5 nitrogen and oxygen atoms in total. The van der Waals surface area contributed by atoms with E-state index < -0.39 is 12.8 Å². The minimum Gasteiger partial charge on any atom is -0.483 e. The van der Waals surface area contributed by atoms with Gasteiger partial charge in [-0.3, -0.25) is 4.79 Å². The van der Waals surface area contributed by atoms with Crippen LogP contribution in [-0.4, -0.2) is 35.6 Å². The van der Waals surface area contributed by atoms with Gasteiger partial charge in [-0.05, 0) is 25.1 Å². The number of nitrogens with zero attached hydrogens (tertiary/aromatic N) is 2. The number of ketones is 1. The topological polar surface area (TPSA) is 61.3 Å². The van der Waals surface area contributed by atoms with Gasteiger partial charge in [0.15, 0.2) is 12.4 Å². The first-order valence-corrected chi connectivity index (χ1v) is 6.51. The molecule has 0 radical (unpaired) electrons. The van der Waals surface area contributed by atoms with Gasteiger partial charge in [0, 0.05) is 29.1 Å². The number of ether oxygens (including phenoxy) is 2. The van der Waals surface area contributed by atoms with Gasteiger partial charge >= 0.3 is 12.2 Å². The summed E-state index contributed by atoms with van der Waals surface area (Å²) in [6.07, 6.45) is -1.70. The molecule has 0 atom stereocenters. The minimum atomic E-state index is -4.47. The Hall–Kier alpha value is -2.64. The average Bonchev–Trinajstić information content (AvgIpc) is 2.52. The molecule has 122 valence electrons. The molecule has 0 aliphatic heterocycles. The van der Waals surface area contributed by atoms with Gasteiger partial charge in [0.05, 0.1) is 7.11 Å². The fraction of sp³-hybridized carbons (Fsp3) is 0.267. The van der Waals surface area contributed by atoms with Crippen molar-refractivity contribution in [1.29, 1.82) is 0 Å². The third-order valence-electron chi connectivity index (χ3n) is 2.90. The number of alkyl halides is 3. The lowest BCUT2D eigenvalue weighted by atomic mass is 10.0. The van der Waals surface area contributed by atoms with Crippen LogP contribution in [0.15, 0.2) is 30.6 Å². The highest BCUT2D eigenvalue weighted by atomic mass is 19.4. The normalized spacial score (nSPS) is 11.2. The molecule has 2 rings (SSSR count). The second kappa shape index (κ2) is 6.64. The molecule has 0 fully saturated rings. The number of hydrogen-bond acceptors (Lipinski definition) is 5. The summed E-state index contributed by atoms with van der Waals surface area (Å²) in [5.41, 5.74) is 1.05. The number of methoxy groups -OCH3 is 1. The predicted molar refractivity (Wildman–Crippen MR) is 75.6 cm³/mol. The van der Waals surface area contributed by atoms with E-state index in [9.17, 15) is 18.0 Å².